The summed E-state index contributed by atoms with van der Waals surface area (Å²) in [7, 11) is -8.95. The van der Waals surface area contributed by atoms with Gasteiger partial charge in [0.15, 0.2) is 11.1 Å². The van der Waals surface area contributed by atoms with Crippen molar-refractivity contribution in [2.75, 3.05) is 4.90 Å². The molecule has 0 spiro atoms. The third-order valence-electron chi connectivity index (χ3n) is 12.1. The van der Waals surface area contributed by atoms with Crippen molar-refractivity contribution in [3.63, 3.8) is 0 Å². The van der Waals surface area contributed by atoms with Crippen molar-refractivity contribution in [3.8, 4) is 0 Å². The van der Waals surface area contributed by atoms with Gasteiger partial charge >= 0.3 is 10.1 Å². The monoisotopic (exact) mass is 827 g/mol. The molecule has 7 rings (SSSR count). The molecule has 0 radical (unpaired) electrons. The lowest BCUT2D eigenvalue weighted by Gasteiger charge is -2.32. The first-order chi connectivity index (χ1) is 26.9. The minimum atomic E-state index is -4.47. The summed E-state index contributed by atoms with van der Waals surface area (Å²) >= 11 is 7.26. The molecular formula is C46H52ClN2O6S2+. The molecule has 0 saturated heterocycles. The molecule has 0 bridgehead atoms. The summed E-state index contributed by atoms with van der Waals surface area (Å²) < 4.78 is 75.2. The normalized spacial score (nSPS) is 20.7. The maximum absolute atomic E-state index is 13.0. The Bertz CT molecular complexity index is 2670. The molecule has 2 atom stereocenters. The zero-order chi connectivity index (χ0) is 41.1. The molecule has 4 aromatic carbocycles. The number of allylic oxidation sites excluding steroid dienone is 8. The molecule has 2 heterocycles. The van der Waals surface area contributed by atoms with Gasteiger partial charge < -0.3 is 4.90 Å². The number of nitrogens with zero attached hydrogens (tertiary/aromatic N) is 2. The second-order valence-electron chi connectivity index (χ2n) is 16.5. The highest BCUT2D eigenvalue weighted by molar-refractivity contribution is 7.86. The molecule has 11 heteroatoms. The first-order valence-electron chi connectivity index (χ1n) is 19.8. The van der Waals surface area contributed by atoms with E-state index in [1.807, 2.05) is 98.8 Å². The molecule has 1 aliphatic carbocycles. The first kappa shape index (κ1) is 41.1. The molecule has 0 aromatic heterocycles. The number of benzene rings is 4. The number of hydrogen-bond donors (Lipinski definition) is 2. The van der Waals surface area contributed by atoms with E-state index in [9.17, 15) is 25.9 Å². The maximum atomic E-state index is 13.0. The van der Waals surface area contributed by atoms with Gasteiger partial charge in [-0.05, 0) is 102 Å². The molecule has 0 saturated carbocycles. The third-order valence-corrected chi connectivity index (χ3v) is 14.8. The standard InChI is InChI=1S/C46H51ClN2O6S2/c1-7-14-40(56(50,51)52)48-36-26-22-30-16-9-11-20-34(30)42(36)45(3,4)38(48)28-24-32-18-13-19-33(44(32)47)25-29-39-46(5,6)43-35-21-12-10-17-31(35)23-27-37(43)49(39)41(15-8-2)57(53,54)55/h9-12,16-17,20-29,40-41H,7-8,13-15,18-19H2,1-6H3,(H-,50,51,52,53,54,55)/p+1. The Morgan fingerprint density at radius 3 is 1.98 bits per heavy atom. The maximum Gasteiger partial charge on any atom is 0.329 e. The molecule has 300 valence electrons. The fraction of sp³-hybridized carbons (Fsp3) is 0.370. The van der Waals surface area contributed by atoms with Crippen LogP contribution in [0.25, 0.3) is 21.5 Å². The van der Waals surface area contributed by atoms with Crippen LogP contribution in [-0.4, -0.2) is 47.0 Å². The highest BCUT2D eigenvalue weighted by Gasteiger charge is 2.51. The van der Waals surface area contributed by atoms with Crippen LogP contribution in [-0.2, 0) is 31.1 Å². The van der Waals surface area contributed by atoms with Crippen LogP contribution in [0, 0.1) is 0 Å². The van der Waals surface area contributed by atoms with Crippen molar-refractivity contribution in [3.05, 3.63) is 130 Å². The second kappa shape index (κ2) is 15.3. The number of fused-ring (bicyclic) bond motifs is 6. The van der Waals surface area contributed by atoms with Gasteiger partial charge in [0.1, 0.15) is 0 Å². The van der Waals surface area contributed by atoms with Crippen LogP contribution in [0.2, 0.25) is 0 Å². The predicted octanol–water partition coefficient (Wildman–Crippen LogP) is 11.2. The molecular weight excluding hydrogens is 776 g/mol. The molecule has 2 N–H and O–H groups in total. The highest BCUT2D eigenvalue weighted by atomic mass is 35.5. The minimum absolute atomic E-state index is 0.243. The van der Waals surface area contributed by atoms with E-state index in [2.05, 4.69) is 39.8 Å². The molecule has 8 nitrogen and oxygen atoms in total. The van der Waals surface area contributed by atoms with Crippen LogP contribution in [0.1, 0.15) is 97.6 Å². The van der Waals surface area contributed by atoms with Crippen molar-refractivity contribution >= 4 is 70.5 Å². The fourth-order valence-electron chi connectivity index (χ4n) is 9.43. The molecule has 2 unspecified atom stereocenters. The largest absolute Gasteiger partial charge is 0.329 e. The average molecular weight is 829 g/mol. The lowest BCUT2D eigenvalue weighted by atomic mass is 9.78. The van der Waals surface area contributed by atoms with E-state index in [-0.39, 0.29) is 12.8 Å². The van der Waals surface area contributed by atoms with E-state index in [0.29, 0.717) is 30.7 Å². The summed E-state index contributed by atoms with van der Waals surface area (Å²) in [4.78, 5) is 1.80. The van der Waals surface area contributed by atoms with E-state index >= 15 is 0 Å². The zero-order valence-corrected chi connectivity index (χ0v) is 35.8. The molecule has 2 aliphatic heterocycles. The summed E-state index contributed by atoms with van der Waals surface area (Å²) in [5.41, 5.74) is 5.59. The highest BCUT2D eigenvalue weighted by Crippen LogP contribution is 2.53. The Morgan fingerprint density at radius 2 is 1.37 bits per heavy atom. The number of anilines is 1. The zero-order valence-electron chi connectivity index (χ0n) is 33.5. The summed E-state index contributed by atoms with van der Waals surface area (Å²) in [6.07, 6.45) is 11.7. The van der Waals surface area contributed by atoms with Crippen LogP contribution < -0.4 is 4.90 Å². The second-order valence-corrected chi connectivity index (χ2v) is 20.0. The van der Waals surface area contributed by atoms with Crippen LogP contribution in [0.15, 0.2) is 119 Å². The van der Waals surface area contributed by atoms with Gasteiger partial charge in [-0.25, -0.2) is 0 Å². The van der Waals surface area contributed by atoms with E-state index < -0.39 is 41.8 Å². The quantitative estimate of drug-likeness (QED) is 0.114. The number of rotatable bonds is 11. The summed E-state index contributed by atoms with van der Waals surface area (Å²) in [5, 5.41) is 2.41. The summed E-state index contributed by atoms with van der Waals surface area (Å²) in [5.74, 6) is 0. The van der Waals surface area contributed by atoms with Crippen molar-refractivity contribution in [1.82, 2.24) is 0 Å². The summed E-state index contributed by atoms with van der Waals surface area (Å²) in [6, 6.07) is 24.1. The minimum Gasteiger partial charge on any atom is -0.324 e. The molecule has 3 aliphatic rings. The van der Waals surface area contributed by atoms with Gasteiger partial charge in [-0.3, -0.25) is 9.11 Å². The van der Waals surface area contributed by atoms with Crippen LogP contribution in [0.4, 0.5) is 11.4 Å². The average Bonchev–Trinajstić information content (AvgIpc) is 3.52. The van der Waals surface area contributed by atoms with Crippen LogP contribution in [0.3, 0.4) is 0 Å². The van der Waals surface area contributed by atoms with E-state index in [1.165, 1.54) is 0 Å². The van der Waals surface area contributed by atoms with Gasteiger partial charge in [-0.2, -0.15) is 21.4 Å². The Balaban J connectivity index is 1.35. The van der Waals surface area contributed by atoms with Gasteiger partial charge in [-0.15, -0.1) is 0 Å². The Labute approximate surface area is 342 Å². The predicted molar refractivity (Wildman–Crippen MR) is 234 cm³/mol. The van der Waals surface area contributed by atoms with Gasteiger partial charge in [0.05, 0.1) is 5.41 Å². The third kappa shape index (κ3) is 7.22. The van der Waals surface area contributed by atoms with Gasteiger partial charge in [0.2, 0.25) is 5.69 Å². The molecule has 57 heavy (non-hydrogen) atoms. The van der Waals surface area contributed by atoms with Crippen molar-refractivity contribution in [2.24, 2.45) is 0 Å². The van der Waals surface area contributed by atoms with E-state index in [1.54, 1.807) is 9.48 Å². The molecule has 0 amide bonds. The smallest absolute Gasteiger partial charge is 0.324 e. The van der Waals surface area contributed by atoms with Crippen molar-refractivity contribution in [2.45, 2.75) is 108 Å². The van der Waals surface area contributed by atoms with E-state index in [4.69, 9.17) is 11.6 Å². The Hall–Kier alpha value is -4.06. The van der Waals surface area contributed by atoms with Crippen LogP contribution >= 0.6 is 11.6 Å². The number of hydrogen-bond acceptors (Lipinski definition) is 5. The lowest BCUT2D eigenvalue weighted by molar-refractivity contribution is -0.458. The lowest BCUT2D eigenvalue weighted by Crippen LogP contribution is -2.41. The van der Waals surface area contributed by atoms with Crippen molar-refractivity contribution in [1.29, 1.82) is 0 Å². The van der Waals surface area contributed by atoms with Crippen molar-refractivity contribution < 1.29 is 30.5 Å². The topological polar surface area (TPSA) is 115 Å². The van der Waals surface area contributed by atoms with Gasteiger partial charge in [-0.1, -0.05) is 112 Å². The SMILES string of the molecule is CCCC(N1/C(=C/C=C2\CCCC(/C=C/C3=[N+](C(CCC)S(=O)(=O)O)c4ccc5ccccc5c4C3(C)C)=C2Cl)C(C)(C)c2c1ccc1ccccc21)S(=O)(=O)O. The fourth-order valence-corrected chi connectivity index (χ4v) is 11.8. The van der Waals surface area contributed by atoms with E-state index in [0.717, 1.165) is 73.0 Å². The van der Waals surface area contributed by atoms with Crippen LogP contribution in [0.5, 0.6) is 0 Å². The Kier molecular flexibility index (Phi) is 11.0. The van der Waals surface area contributed by atoms with Gasteiger partial charge in [0, 0.05) is 46.0 Å². The Morgan fingerprint density at radius 1 is 0.754 bits per heavy atom. The molecule has 0 fully saturated rings. The molecule has 4 aromatic rings. The first-order valence-corrected chi connectivity index (χ1v) is 23.2. The summed E-state index contributed by atoms with van der Waals surface area (Å²) in [6.45, 7) is 12.2. The van der Waals surface area contributed by atoms with Gasteiger partial charge in [0.25, 0.3) is 15.5 Å². The number of halogens is 1.